The second-order valence-corrected chi connectivity index (χ2v) is 3.64. The van der Waals surface area contributed by atoms with Gasteiger partial charge in [-0.05, 0) is 12.3 Å². The summed E-state index contributed by atoms with van der Waals surface area (Å²) in [6.07, 6.45) is 1.77. The van der Waals surface area contributed by atoms with Gasteiger partial charge in [0.05, 0.1) is 0 Å². The van der Waals surface area contributed by atoms with E-state index >= 15 is 0 Å². The highest BCUT2D eigenvalue weighted by molar-refractivity contribution is 5.87. The summed E-state index contributed by atoms with van der Waals surface area (Å²) in [6.45, 7) is 3.71. The van der Waals surface area contributed by atoms with Crippen LogP contribution in [0, 0.1) is 5.92 Å². The highest BCUT2D eigenvalue weighted by Crippen LogP contribution is 2.15. The molecule has 0 aromatic carbocycles. The number of rotatable bonds is 5. The van der Waals surface area contributed by atoms with Gasteiger partial charge in [0.15, 0.2) is 0 Å². The quantitative estimate of drug-likeness (QED) is 0.572. The molecule has 2 atom stereocenters. The molecule has 1 fully saturated rings. The normalized spacial score (nSPS) is 24.4. The lowest BCUT2D eigenvalue weighted by molar-refractivity contribution is -0.143. The fraction of sp³-hybridized carbons (Fsp3) is 0.889. The molecule has 2 unspecified atom stereocenters. The van der Waals surface area contributed by atoms with Crippen molar-refractivity contribution in [3.05, 3.63) is 0 Å². The molecule has 1 aliphatic heterocycles. The standard InChI is InChI=1S/C9H18N2O2/c1-2-7(3-4-12)5-11-6-8(10)9(11)13/h7-8,12H,2-6,10H2,1H3. The van der Waals surface area contributed by atoms with Gasteiger partial charge in [0, 0.05) is 19.7 Å². The number of nitrogens with two attached hydrogens (primary N) is 1. The first-order valence-electron chi connectivity index (χ1n) is 4.84. The number of likely N-dealkylation sites (tertiary alicyclic amines) is 1. The van der Waals surface area contributed by atoms with Crippen LogP contribution >= 0.6 is 0 Å². The van der Waals surface area contributed by atoms with E-state index in [0.717, 1.165) is 19.4 Å². The van der Waals surface area contributed by atoms with Crippen LogP contribution in [-0.2, 0) is 4.79 Å². The molecule has 3 N–H and O–H groups in total. The molecule has 0 aromatic heterocycles. The first-order valence-corrected chi connectivity index (χ1v) is 4.84. The largest absolute Gasteiger partial charge is 0.396 e. The van der Waals surface area contributed by atoms with Crippen LogP contribution in [0.15, 0.2) is 0 Å². The zero-order valence-electron chi connectivity index (χ0n) is 8.07. The smallest absolute Gasteiger partial charge is 0.241 e. The zero-order chi connectivity index (χ0) is 9.84. The maximum atomic E-state index is 11.2. The van der Waals surface area contributed by atoms with Crippen molar-refractivity contribution in [3.8, 4) is 0 Å². The lowest BCUT2D eigenvalue weighted by atomic mass is 9.99. The summed E-state index contributed by atoms with van der Waals surface area (Å²) in [4.78, 5) is 12.9. The third kappa shape index (κ3) is 2.42. The molecule has 1 saturated heterocycles. The number of hydrogen-bond donors (Lipinski definition) is 2. The minimum Gasteiger partial charge on any atom is -0.396 e. The summed E-state index contributed by atoms with van der Waals surface area (Å²) in [5.74, 6) is 0.470. The van der Waals surface area contributed by atoms with E-state index in [9.17, 15) is 4.79 Å². The average molecular weight is 186 g/mol. The molecule has 0 aromatic rings. The Hall–Kier alpha value is -0.610. The van der Waals surface area contributed by atoms with E-state index in [1.54, 1.807) is 4.90 Å². The minimum atomic E-state index is -0.272. The van der Waals surface area contributed by atoms with Crippen molar-refractivity contribution in [2.75, 3.05) is 19.7 Å². The van der Waals surface area contributed by atoms with Crippen molar-refractivity contribution in [1.29, 1.82) is 0 Å². The Balaban J connectivity index is 2.27. The first-order chi connectivity index (χ1) is 6.19. The summed E-state index contributed by atoms with van der Waals surface area (Å²) < 4.78 is 0. The van der Waals surface area contributed by atoms with E-state index in [1.807, 2.05) is 0 Å². The van der Waals surface area contributed by atoms with Crippen molar-refractivity contribution in [1.82, 2.24) is 4.90 Å². The van der Waals surface area contributed by atoms with Gasteiger partial charge in [-0.2, -0.15) is 0 Å². The van der Waals surface area contributed by atoms with Gasteiger partial charge >= 0.3 is 0 Å². The van der Waals surface area contributed by atoms with Crippen LogP contribution in [0.4, 0.5) is 0 Å². The second-order valence-electron chi connectivity index (χ2n) is 3.64. The van der Waals surface area contributed by atoms with E-state index in [1.165, 1.54) is 0 Å². The Bertz CT molecular complexity index is 184. The summed E-state index contributed by atoms with van der Waals surface area (Å²) in [5.41, 5.74) is 5.46. The molecule has 1 amide bonds. The fourth-order valence-electron chi connectivity index (χ4n) is 1.61. The molecule has 0 radical (unpaired) electrons. The van der Waals surface area contributed by atoms with E-state index in [0.29, 0.717) is 12.5 Å². The lowest BCUT2D eigenvalue weighted by Gasteiger charge is -2.38. The van der Waals surface area contributed by atoms with Crippen LogP contribution in [-0.4, -0.2) is 41.7 Å². The third-order valence-electron chi connectivity index (χ3n) is 2.64. The van der Waals surface area contributed by atoms with Crippen molar-refractivity contribution in [2.24, 2.45) is 11.7 Å². The topological polar surface area (TPSA) is 66.6 Å². The Morgan fingerprint density at radius 3 is 2.85 bits per heavy atom. The maximum absolute atomic E-state index is 11.2. The second kappa shape index (κ2) is 4.58. The highest BCUT2D eigenvalue weighted by Gasteiger charge is 2.33. The van der Waals surface area contributed by atoms with E-state index in [-0.39, 0.29) is 18.6 Å². The maximum Gasteiger partial charge on any atom is 0.241 e. The van der Waals surface area contributed by atoms with E-state index in [4.69, 9.17) is 10.8 Å². The molecular weight excluding hydrogens is 168 g/mol. The van der Waals surface area contributed by atoms with Crippen LogP contribution < -0.4 is 5.73 Å². The molecule has 0 saturated carbocycles. The van der Waals surface area contributed by atoms with Crippen LogP contribution in [0.5, 0.6) is 0 Å². The van der Waals surface area contributed by atoms with Crippen LogP contribution in [0.2, 0.25) is 0 Å². The number of amides is 1. The Labute approximate surface area is 78.7 Å². The summed E-state index contributed by atoms with van der Waals surface area (Å²) in [5, 5.41) is 8.76. The molecule has 0 aliphatic carbocycles. The Morgan fingerprint density at radius 1 is 1.77 bits per heavy atom. The summed E-state index contributed by atoms with van der Waals surface area (Å²) >= 11 is 0. The predicted octanol–water partition coefficient (Wildman–Crippen LogP) is -0.435. The minimum absolute atomic E-state index is 0.0522. The molecule has 0 bridgehead atoms. The molecule has 1 aliphatic rings. The number of aliphatic hydroxyl groups is 1. The number of nitrogens with zero attached hydrogens (tertiary/aromatic N) is 1. The van der Waals surface area contributed by atoms with Crippen LogP contribution in [0.25, 0.3) is 0 Å². The number of carbonyl (C=O) groups is 1. The van der Waals surface area contributed by atoms with Crippen LogP contribution in [0.3, 0.4) is 0 Å². The Morgan fingerprint density at radius 2 is 2.46 bits per heavy atom. The van der Waals surface area contributed by atoms with E-state index < -0.39 is 0 Å². The lowest BCUT2D eigenvalue weighted by Crippen LogP contribution is -2.61. The number of carbonyl (C=O) groups excluding carboxylic acids is 1. The molecule has 1 rings (SSSR count). The van der Waals surface area contributed by atoms with Crippen molar-refractivity contribution in [3.63, 3.8) is 0 Å². The first kappa shape index (κ1) is 10.5. The van der Waals surface area contributed by atoms with Gasteiger partial charge < -0.3 is 15.7 Å². The van der Waals surface area contributed by atoms with Crippen molar-refractivity contribution < 1.29 is 9.90 Å². The van der Waals surface area contributed by atoms with Gasteiger partial charge in [-0.25, -0.2) is 0 Å². The van der Waals surface area contributed by atoms with Gasteiger partial charge in [0.1, 0.15) is 6.04 Å². The monoisotopic (exact) mass is 186 g/mol. The number of hydrogen-bond acceptors (Lipinski definition) is 3. The SMILES string of the molecule is CCC(CCO)CN1CC(N)C1=O. The van der Waals surface area contributed by atoms with Crippen molar-refractivity contribution >= 4 is 5.91 Å². The summed E-state index contributed by atoms with van der Waals surface area (Å²) in [7, 11) is 0. The molecule has 0 spiro atoms. The molecule has 4 nitrogen and oxygen atoms in total. The molecular formula is C9H18N2O2. The molecule has 1 heterocycles. The predicted molar refractivity (Wildman–Crippen MR) is 50.0 cm³/mol. The van der Waals surface area contributed by atoms with Crippen molar-refractivity contribution in [2.45, 2.75) is 25.8 Å². The van der Waals surface area contributed by atoms with Gasteiger partial charge in [-0.3, -0.25) is 4.79 Å². The highest BCUT2D eigenvalue weighted by atomic mass is 16.3. The van der Waals surface area contributed by atoms with Gasteiger partial charge in [-0.1, -0.05) is 13.3 Å². The number of β-lactam (4-membered cyclic amide) rings is 1. The van der Waals surface area contributed by atoms with Gasteiger partial charge in [-0.15, -0.1) is 0 Å². The molecule has 76 valence electrons. The molecule has 4 heteroatoms. The summed E-state index contributed by atoms with van der Waals surface area (Å²) in [6, 6.07) is -0.272. The Kier molecular flexibility index (Phi) is 3.69. The average Bonchev–Trinajstić information content (AvgIpc) is 2.15. The van der Waals surface area contributed by atoms with E-state index in [2.05, 4.69) is 6.92 Å². The van der Waals surface area contributed by atoms with Crippen LogP contribution in [0.1, 0.15) is 19.8 Å². The number of aliphatic hydroxyl groups excluding tert-OH is 1. The van der Waals surface area contributed by atoms with Gasteiger partial charge in [0.2, 0.25) is 5.91 Å². The molecule has 13 heavy (non-hydrogen) atoms. The third-order valence-corrected chi connectivity index (χ3v) is 2.64. The fourth-order valence-corrected chi connectivity index (χ4v) is 1.61. The zero-order valence-corrected chi connectivity index (χ0v) is 8.07. The van der Waals surface area contributed by atoms with Gasteiger partial charge in [0.25, 0.3) is 0 Å².